The molecule has 0 fully saturated rings. The Hall–Kier alpha value is -2.82. The third kappa shape index (κ3) is 2.30. The van der Waals surface area contributed by atoms with Gasteiger partial charge in [-0.05, 0) is 50.1 Å². The van der Waals surface area contributed by atoms with Crippen molar-refractivity contribution < 1.29 is 23.5 Å². The second-order valence-corrected chi connectivity index (χ2v) is 5.24. The lowest BCUT2D eigenvalue weighted by molar-refractivity contribution is 0.0701. The third-order valence-corrected chi connectivity index (χ3v) is 3.31. The Bertz CT molecular complexity index is 793. The van der Waals surface area contributed by atoms with Crippen molar-refractivity contribution in [2.45, 2.75) is 20.8 Å². The van der Waals surface area contributed by atoms with Crippen molar-refractivity contribution in [3.05, 3.63) is 58.7 Å². The quantitative estimate of drug-likeness (QED) is 0.481. The summed E-state index contributed by atoms with van der Waals surface area (Å²) in [5, 5.41) is 0. The highest BCUT2D eigenvalue weighted by atomic mass is 16.5. The number of carbonyl (C=O) groups is 2. The second kappa shape index (κ2) is 5.18. The van der Waals surface area contributed by atoms with Crippen LogP contribution in [0.2, 0.25) is 0 Å². The maximum atomic E-state index is 12.3. The number of Topliss-reactive ketones (excluding diaryl/α,β-unsaturated/α-hetero) is 1. The van der Waals surface area contributed by atoms with Gasteiger partial charge in [-0.25, -0.2) is 4.79 Å². The van der Waals surface area contributed by atoms with Crippen LogP contribution in [0, 0.1) is 6.92 Å². The van der Waals surface area contributed by atoms with E-state index in [4.69, 9.17) is 13.9 Å². The first kappa shape index (κ1) is 14.1. The van der Waals surface area contributed by atoms with Crippen LogP contribution in [-0.4, -0.2) is 11.8 Å². The minimum atomic E-state index is -0.601. The number of hydrogen-bond donors (Lipinski definition) is 0. The summed E-state index contributed by atoms with van der Waals surface area (Å²) in [6.45, 7) is 5.40. The number of ether oxygens (including phenoxy) is 2. The van der Waals surface area contributed by atoms with E-state index in [0.717, 1.165) is 5.57 Å². The van der Waals surface area contributed by atoms with E-state index in [1.165, 1.54) is 18.4 Å². The SMILES string of the molecule is CC(C)=C1Oc2cc(OC(=O)c3ccco3)cc(C)c2C1=O. The van der Waals surface area contributed by atoms with Crippen LogP contribution in [0.5, 0.6) is 11.5 Å². The van der Waals surface area contributed by atoms with Crippen LogP contribution in [0.3, 0.4) is 0 Å². The molecular weight excluding hydrogens is 284 g/mol. The molecule has 0 spiro atoms. The zero-order valence-corrected chi connectivity index (χ0v) is 12.4. The minimum absolute atomic E-state index is 0.111. The second-order valence-electron chi connectivity index (χ2n) is 5.24. The molecule has 2 aromatic rings. The largest absolute Gasteiger partial charge is 0.457 e. The molecule has 5 heteroatoms. The van der Waals surface area contributed by atoms with E-state index in [9.17, 15) is 9.59 Å². The lowest BCUT2D eigenvalue weighted by Gasteiger charge is -2.06. The predicted octanol–water partition coefficient (Wildman–Crippen LogP) is 3.68. The van der Waals surface area contributed by atoms with Crippen molar-refractivity contribution in [3.8, 4) is 11.5 Å². The van der Waals surface area contributed by atoms with Gasteiger partial charge in [-0.2, -0.15) is 0 Å². The van der Waals surface area contributed by atoms with E-state index in [1.807, 2.05) is 13.8 Å². The van der Waals surface area contributed by atoms with Crippen molar-refractivity contribution in [1.29, 1.82) is 0 Å². The van der Waals surface area contributed by atoms with E-state index in [2.05, 4.69) is 0 Å². The van der Waals surface area contributed by atoms with Gasteiger partial charge >= 0.3 is 5.97 Å². The van der Waals surface area contributed by atoms with E-state index in [1.54, 1.807) is 19.1 Å². The summed E-state index contributed by atoms with van der Waals surface area (Å²) in [5.41, 5.74) is 2.00. The fourth-order valence-corrected chi connectivity index (χ4v) is 2.30. The van der Waals surface area contributed by atoms with E-state index in [0.29, 0.717) is 28.4 Å². The maximum Gasteiger partial charge on any atom is 0.379 e. The Kier molecular flexibility index (Phi) is 3.33. The van der Waals surface area contributed by atoms with Crippen molar-refractivity contribution in [2.24, 2.45) is 0 Å². The summed E-state index contributed by atoms with van der Waals surface area (Å²) >= 11 is 0. The highest BCUT2D eigenvalue weighted by Crippen LogP contribution is 2.37. The smallest absolute Gasteiger partial charge is 0.379 e. The van der Waals surface area contributed by atoms with Crippen LogP contribution in [0.4, 0.5) is 0 Å². The van der Waals surface area contributed by atoms with Gasteiger partial charge < -0.3 is 13.9 Å². The van der Waals surface area contributed by atoms with Gasteiger partial charge in [0.25, 0.3) is 0 Å². The average Bonchev–Trinajstić information content (AvgIpc) is 3.06. The van der Waals surface area contributed by atoms with Crippen molar-refractivity contribution in [2.75, 3.05) is 0 Å². The fourth-order valence-electron chi connectivity index (χ4n) is 2.30. The van der Waals surface area contributed by atoms with Crippen LogP contribution in [0.15, 0.2) is 46.3 Å². The number of fused-ring (bicyclic) bond motifs is 1. The molecule has 0 bridgehead atoms. The number of ketones is 1. The molecule has 1 aliphatic heterocycles. The Balaban J connectivity index is 1.94. The van der Waals surface area contributed by atoms with Crippen molar-refractivity contribution in [3.63, 3.8) is 0 Å². The summed E-state index contributed by atoms with van der Waals surface area (Å²) in [6, 6.07) is 6.29. The monoisotopic (exact) mass is 298 g/mol. The molecule has 0 amide bonds. The Morgan fingerprint density at radius 2 is 2.00 bits per heavy atom. The standard InChI is InChI=1S/C17H14O5/c1-9(2)16-15(18)14-10(3)7-11(8-13(14)22-16)21-17(19)12-5-4-6-20-12/h4-8H,1-3H3. The Morgan fingerprint density at radius 3 is 2.64 bits per heavy atom. The molecule has 0 N–H and O–H groups in total. The number of benzene rings is 1. The molecule has 3 rings (SSSR count). The number of rotatable bonds is 2. The van der Waals surface area contributed by atoms with Gasteiger partial charge in [-0.3, -0.25) is 4.79 Å². The molecule has 1 aliphatic rings. The predicted molar refractivity (Wildman–Crippen MR) is 78.2 cm³/mol. The minimum Gasteiger partial charge on any atom is -0.457 e. The number of esters is 1. The van der Waals surface area contributed by atoms with Gasteiger partial charge in [0.15, 0.2) is 5.76 Å². The lowest BCUT2D eigenvalue weighted by atomic mass is 10.0. The highest BCUT2D eigenvalue weighted by molar-refractivity contribution is 6.13. The van der Waals surface area contributed by atoms with E-state index in [-0.39, 0.29) is 11.5 Å². The van der Waals surface area contributed by atoms with Crippen LogP contribution >= 0.6 is 0 Å². The molecule has 0 saturated heterocycles. The molecule has 22 heavy (non-hydrogen) atoms. The summed E-state index contributed by atoms with van der Waals surface area (Å²) < 4.78 is 15.8. The van der Waals surface area contributed by atoms with Crippen LogP contribution in [-0.2, 0) is 0 Å². The first-order valence-corrected chi connectivity index (χ1v) is 6.77. The molecule has 112 valence electrons. The van der Waals surface area contributed by atoms with Crippen molar-refractivity contribution >= 4 is 11.8 Å². The lowest BCUT2D eigenvalue weighted by Crippen LogP contribution is -2.07. The van der Waals surface area contributed by atoms with Gasteiger partial charge in [0.05, 0.1) is 11.8 Å². The molecular formula is C17H14O5. The van der Waals surface area contributed by atoms with Crippen LogP contribution in [0.1, 0.15) is 40.3 Å². The van der Waals surface area contributed by atoms with Crippen LogP contribution in [0.25, 0.3) is 0 Å². The van der Waals surface area contributed by atoms with Gasteiger partial charge in [0.2, 0.25) is 11.5 Å². The first-order chi connectivity index (χ1) is 10.5. The topological polar surface area (TPSA) is 65.7 Å². The number of furan rings is 1. The molecule has 0 radical (unpaired) electrons. The van der Waals surface area contributed by atoms with Gasteiger partial charge in [-0.15, -0.1) is 0 Å². The van der Waals surface area contributed by atoms with E-state index >= 15 is 0 Å². The average molecular weight is 298 g/mol. The van der Waals surface area contributed by atoms with Gasteiger partial charge in [0.1, 0.15) is 11.5 Å². The third-order valence-electron chi connectivity index (χ3n) is 3.31. The molecule has 0 aliphatic carbocycles. The number of hydrogen-bond acceptors (Lipinski definition) is 5. The summed E-state index contributed by atoms with van der Waals surface area (Å²) in [5.74, 6) is 0.407. The number of aryl methyl sites for hydroxylation is 1. The Morgan fingerprint density at radius 1 is 1.23 bits per heavy atom. The molecule has 0 atom stereocenters. The zero-order valence-electron chi connectivity index (χ0n) is 12.4. The summed E-state index contributed by atoms with van der Waals surface area (Å²) in [4.78, 5) is 24.2. The number of allylic oxidation sites excluding steroid dienone is 2. The van der Waals surface area contributed by atoms with Gasteiger partial charge in [0, 0.05) is 6.07 Å². The molecule has 0 unspecified atom stereocenters. The molecule has 0 saturated carbocycles. The van der Waals surface area contributed by atoms with Crippen LogP contribution < -0.4 is 9.47 Å². The van der Waals surface area contributed by atoms with E-state index < -0.39 is 5.97 Å². The molecule has 1 aromatic carbocycles. The summed E-state index contributed by atoms with van der Waals surface area (Å²) in [7, 11) is 0. The molecule has 2 heterocycles. The maximum absolute atomic E-state index is 12.3. The molecule has 5 nitrogen and oxygen atoms in total. The number of carbonyl (C=O) groups excluding carboxylic acids is 2. The Labute approximate surface area is 127 Å². The molecule has 1 aromatic heterocycles. The van der Waals surface area contributed by atoms with Crippen molar-refractivity contribution in [1.82, 2.24) is 0 Å². The highest BCUT2D eigenvalue weighted by Gasteiger charge is 2.31. The summed E-state index contributed by atoms with van der Waals surface area (Å²) in [6.07, 6.45) is 1.40. The first-order valence-electron chi connectivity index (χ1n) is 6.77. The van der Waals surface area contributed by atoms with Gasteiger partial charge in [-0.1, -0.05) is 0 Å². The zero-order chi connectivity index (χ0) is 15.9. The fraction of sp³-hybridized carbons (Fsp3) is 0.176. The normalized spacial score (nSPS) is 12.9.